The predicted octanol–water partition coefficient (Wildman–Crippen LogP) is 16.0. The lowest BCUT2D eigenvalue weighted by atomic mass is 9.90. The average molecular weight is 579 g/mol. The fraction of sp³-hybridized carbons (Fsp3) is 0.805. The Labute approximate surface area is 266 Å². The van der Waals surface area contributed by atoms with Crippen LogP contribution in [0.3, 0.4) is 0 Å². The molecule has 0 nitrogen and oxygen atoms in total. The minimum Gasteiger partial charge on any atom is -0.0885 e. The van der Waals surface area contributed by atoms with Crippen molar-refractivity contribution in [2.45, 2.75) is 196 Å². The van der Waals surface area contributed by atoms with E-state index in [-0.39, 0.29) is 7.43 Å². The summed E-state index contributed by atoms with van der Waals surface area (Å²) in [7, 11) is 0. The molecule has 0 bridgehead atoms. The molecule has 0 saturated carbocycles. The number of rotatable bonds is 3. The largest absolute Gasteiger partial charge is 0.0885 e. The molecular weight excluding hydrogens is 492 g/mol. The van der Waals surface area contributed by atoms with Gasteiger partial charge in [0.1, 0.15) is 0 Å². The third kappa shape index (κ3) is 41.2. The molecule has 250 valence electrons. The van der Waals surface area contributed by atoms with Crippen molar-refractivity contribution in [3.05, 3.63) is 47.1 Å². The minimum atomic E-state index is 0. The van der Waals surface area contributed by atoms with Gasteiger partial charge in [0, 0.05) is 0 Å². The van der Waals surface area contributed by atoms with Crippen LogP contribution in [0.4, 0.5) is 0 Å². The molecule has 0 heterocycles. The van der Waals surface area contributed by atoms with Gasteiger partial charge in [-0.05, 0) is 94.3 Å². The highest BCUT2D eigenvalue weighted by molar-refractivity contribution is 5.13. The quantitative estimate of drug-likeness (QED) is 0.292. The first kappa shape index (κ1) is 52.6. The number of hydrogen-bond donors (Lipinski definition) is 0. The molecule has 0 radical (unpaired) electrons. The number of hydrogen-bond acceptors (Lipinski definition) is 0. The van der Waals surface area contributed by atoms with Crippen LogP contribution < -0.4 is 0 Å². The molecule has 0 aromatic carbocycles. The summed E-state index contributed by atoms with van der Waals surface area (Å²) in [5.74, 6) is 3.25. The van der Waals surface area contributed by atoms with Crippen LogP contribution in [0.25, 0.3) is 0 Å². The lowest BCUT2D eigenvalue weighted by molar-refractivity contribution is 0.665. The maximum atomic E-state index is 2.39. The van der Waals surface area contributed by atoms with Crippen LogP contribution in [-0.2, 0) is 0 Å². The summed E-state index contributed by atoms with van der Waals surface area (Å²) in [6.45, 7) is 36.1. The summed E-state index contributed by atoms with van der Waals surface area (Å²) >= 11 is 0. The molecule has 0 heteroatoms. The smallest absolute Gasteiger partial charge is 0.0260 e. The summed E-state index contributed by atoms with van der Waals surface area (Å²) < 4.78 is 0. The van der Waals surface area contributed by atoms with Crippen molar-refractivity contribution in [3.63, 3.8) is 0 Å². The molecule has 0 atom stereocenters. The Kier molecular flexibility index (Phi) is 55.7. The van der Waals surface area contributed by atoms with Crippen LogP contribution >= 0.6 is 0 Å². The van der Waals surface area contributed by atoms with E-state index in [2.05, 4.69) is 92.7 Å². The first-order chi connectivity index (χ1) is 19.1. The fourth-order valence-electron chi connectivity index (χ4n) is 3.86. The first-order valence-corrected chi connectivity index (χ1v) is 17.9. The third-order valence-corrected chi connectivity index (χ3v) is 6.12. The van der Waals surface area contributed by atoms with Crippen LogP contribution in [0.2, 0.25) is 0 Å². The molecule has 0 aliphatic heterocycles. The van der Waals surface area contributed by atoms with E-state index in [9.17, 15) is 0 Å². The zero-order valence-corrected chi connectivity index (χ0v) is 31.5. The lowest BCUT2D eigenvalue weighted by Gasteiger charge is -2.17. The normalized spacial score (nSPS) is 14.9. The molecule has 0 amide bonds. The van der Waals surface area contributed by atoms with Crippen LogP contribution in [0, 0.1) is 23.7 Å². The summed E-state index contributed by atoms with van der Waals surface area (Å²) in [5.41, 5.74) is 5.00. The van der Waals surface area contributed by atoms with Crippen molar-refractivity contribution in [1.29, 1.82) is 0 Å². The van der Waals surface area contributed by atoms with Crippen molar-refractivity contribution in [1.82, 2.24) is 0 Å². The van der Waals surface area contributed by atoms with E-state index in [1.165, 1.54) is 70.6 Å². The Morgan fingerprint density at radius 1 is 0.390 bits per heavy atom. The van der Waals surface area contributed by atoms with Gasteiger partial charge in [0.15, 0.2) is 0 Å². The monoisotopic (exact) mass is 579 g/mol. The molecule has 41 heavy (non-hydrogen) atoms. The van der Waals surface area contributed by atoms with Crippen molar-refractivity contribution >= 4 is 0 Å². The van der Waals surface area contributed by atoms with E-state index in [0.29, 0.717) is 0 Å². The molecule has 0 aromatic rings. The van der Waals surface area contributed by atoms with Crippen LogP contribution in [-0.4, -0.2) is 0 Å². The predicted molar refractivity (Wildman–Crippen MR) is 201 cm³/mol. The van der Waals surface area contributed by atoms with E-state index in [1.54, 1.807) is 16.7 Å². The van der Waals surface area contributed by atoms with Gasteiger partial charge in [-0.2, -0.15) is 0 Å². The topological polar surface area (TPSA) is 0 Å². The maximum absolute atomic E-state index is 2.39. The van der Waals surface area contributed by atoms with Crippen LogP contribution in [0.1, 0.15) is 196 Å². The molecule has 4 aliphatic carbocycles. The van der Waals surface area contributed by atoms with Gasteiger partial charge in [-0.3, -0.25) is 0 Å². The fourth-order valence-corrected chi connectivity index (χ4v) is 3.86. The standard InChI is InChI=1S/2C8H14.C7H12.C5H8.C4H10.4C2H6.CH4/c2*1-7(2)8-5-3-4-6-8;1-6(2)7-4-3-5-7;1-2-4-5-3-1;1-4(2)3;4*1-2;/h2*5,7H,3-4,6H2,1-2H3;4,6H,3,5H2,1-2H3;1-2H,3-5H2;4H,1-3H3;4*1-2H3;1H4. The van der Waals surface area contributed by atoms with Gasteiger partial charge in [-0.1, -0.05) is 172 Å². The second-order valence-corrected chi connectivity index (χ2v) is 11.3. The number of allylic oxidation sites excluding steroid dienone is 8. The zero-order chi connectivity index (χ0) is 32.4. The Balaban J connectivity index is -0.0000000887. The van der Waals surface area contributed by atoms with Crippen LogP contribution in [0.5, 0.6) is 0 Å². The Hall–Kier alpha value is -1.04. The SMILES string of the molecule is C.C1=CCCC1.CC.CC.CC.CC.CC(C)C.CC(C)C1=CCC1.CC(C)C1=CCCC1.CC(C)C1=CCCC1. The molecular formula is C41H86. The minimum absolute atomic E-state index is 0. The van der Waals surface area contributed by atoms with E-state index in [4.69, 9.17) is 0 Å². The van der Waals surface area contributed by atoms with Gasteiger partial charge >= 0.3 is 0 Å². The van der Waals surface area contributed by atoms with Crippen molar-refractivity contribution < 1.29 is 0 Å². The summed E-state index contributed by atoms with van der Waals surface area (Å²) in [6, 6.07) is 0. The van der Waals surface area contributed by atoms with Gasteiger partial charge in [0.2, 0.25) is 0 Å². The van der Waals surface area contributed by atoms with Crippen molar-refractivity contribution in [2.75, 3.05) is 0 Å². The molecule has 0 saturated heterocycles. The third-order valence-electron chi connectivity index (χ3n) is 6.12. The van der Waals surface area contributed by atoms with Crippen molar-refractivity contribution in [3.8, 4) is 0 Å². The summed E-state index contributed by atoms with van der Waals surface area (Å²) in [6.07, 6.45) is 26.5. The average Bonchev–Trinajstić information content (AvgIpc) is 3.72. The highest BCUT2D eigenvalue weighted by Crippen LogP contribution is 2.25. The first-order valence-electron chi connectivity index (χ1n) is 17.9. The molecule has 4 aliphatic rings. The van der Waals surface area contributed by atoms with E-state index in [0.717, 1.165) is 23.7 Å². The molecule has 4 rings (SSSR count). The van der Waals surface area contributed by atoms with Gasteiger partial charge < -0.3 is 0 Å². The van der Waals surface area contributed by atoms with Crippen LogP contribution in [0.15, 0.2) is 47.1 Å². The molecule has 0 aromatic heterocycles. The lowest BCUT2D eigenvalue weighted by Crippen LogP contribution is -2.00. The van der Waals surface area contributed by atoms with Gasteiger partial charge in [-0.25, -0.2) is 0 Å². The molecule has 0 unspecified atom stereocenters. The summed E-state index contributed by atoms with van der Waals surface area (Å²) in [5, 5.41) is 0. The van der Waals surface area contributed by atoms with Gasteiger partial charge in [0.25, 0.3) is 0 Å². The zero-order valence-electron chi connectivity index (χ0n) is 31.5. The molecule has 0 N–H and O–H groups in total. The van der Waals surface area contributed by atoms with E-state index < -0.39 is 0 Å². The molecule has 0 spiro atoms. The highest BCUT2D eigenvalue weighted by Gasteiger charge is 2.08. The van der Waals surface area contributed by atoms with E-state index in [1.807, 2.05) is 55.4 Å². The second kappa shape index (κ2) is 43.4. The highest BCUT2D eigenvalue weighted by atomic mass is 14.1. The second-order valence-electron chi connectivity index (χ2n) is 11.3. The van der Waals surface area contributed by atoms with Crippen molar-refractivity contribution in [2.24, 2.45) is 23.7 Å². The summed E-state index contributed by atoms with van der Waals surface area (Å²) in [4.78, 5) is 0. The Morgan fingerprint density at radius 3 is 0.732 bits per heavy atom. The van der Waals surface area contributed by atoms with E-state index >= 15 is 0 Å². The molecule has 0 fully saturated rings. The Bertz CT molecular complexity index is 526. The van der Waals surface area contributed by atoms with Gasteiger partial charge in [-0.15, -0.1) is 0 Å². The van der Waals surface area contributed by atoms with Gasteiger partial charge in [0.05, 0.1) is 0 Å². The maximum Gasteiger partial charge on any atom is -0.0260 e. The Morgan fingerprint density at radius 2 is 0.659 bits per heavy atom.